The molecule has 0 aliphatic heterocycles. The molecule has 0 spiro atoms. The first-order valence-corrected chi connectivity index (χ1v) is 27.0. The lowest BCUT2D eigenvalue weighted by molar-refractivity contribution is -0.537. The molecule has 0 heterocycles. The maximum Gasteiger partial charge on any atom is 0.453 e. The van der Waals surface area contributed by atoms with E-state index >= 15 is 0 Å². The van der Waals surface area contributed by atoms with E-state index < -0.39 is 177 Å². The molecule has 6 N–H and O–H groups in total. The molecule has 4 aromatic rings. The summed E-state index contributed by atoms with van der Waals surface area (Å²) in [6, 6.07) is 19.3. The van der Waals surface area contributed by atoms with Crippen molar-refractivity contribution in [3.8, 4) is 23.0 Å². The summed E-state index contributed by atoms with van der Waals surface area (Å²) < 4.78 is 366. The van der Waals surface area contributed by atoms with Crippen LogP contribution < -0.4 is 9.47 Å². The Bertz CT molecular complexity index is 2940. The Morgan fingerprint density at radius 2 is 0.677 bits per heavy atom. The second-order valence-electron chi connectivity index (χ2n) is 20.0. The van der Waals surface area contributed by atoms with Gasteiger partial charge in [-0.1, -0.05) is 48.5 Å². The lowest BCUT2D eigenvalue weighted by atomic mass is 10.1. The fourth-order valence-corrected chi connectivity index (χ4v) is 7.07. The van der Waals surface area contributed by atoms with Gasteiger partial charge in [0, 0.05) is 0 Å². The molecule has 0 amide bonds. The molecule has 0 bridgehead atoms. The summed E-state index contributed by atoms with van der Waals surface area (Å²) in [6.07, 6.45) is -60.4. The van der Waals surface area contributed by atoms with Gasteiger partial charge < -0.3 is 73.3 Å². The Morgan fingerprint density at radius 1 is 0.333 bits per heavy atom. The average Bonchev–Trinajstić information content (AvgIpc) is 0.757. The maximum absolute atomic E-state index is 14.6. The number of aliphatic hydroxyl groups excluding tert-OH is 4. The molecule has 19 nitrogen and oxygen atoms in total. The fourth-order valence-electron chi connectivity index (χ4n) is 7.07. The topological polar surface area (TPSA) is 241 Å². The molecule has 41 heteroatoms. The number of hydrogen-bond donors (Lipinski definition) is 6. The van der Waals surface area contributed by atoms with Crippen molar-refractivity contribution < 1.29 is 189 Å². The van der Waals surface area contributed by atoms with Gasteiger partial charge in [0.2, 0.25) is 0 Å². The quantitative estimate of drug-likeness (QED) is 0.0137. The van der Waals surface area contributed by atoms with Crippen molar-refractivity contribution in [1.82, 2.24) is 0 Å². The van der Waals surface area contributed by atoms with Crippen LogP contribution in [0, 0.1) is 0 Å². The smallest absolute Gasteiger partial charge is 0.453 e. The van der Waals surface area contributed by atoms with E-state index in [0.717, 1.165) is 24.3 Å². The van der Waals surface area contributed by atoms with Crippen LogP contribution in [0.5, 0.6) is 23.0 Å². The van der Waals surface area contributed by atoms with Gasteiger partial charge in [0.25, 0.3) is 0 Å². The van der Waals surface area contributed by atoms with E-state index in [4.69, 9.17) is 18.9 Å². The van der Waals surface area contributed by atoms with Gasteiger partial charge in [-0.25, -0.2) is 18.9 Å². The summed E-state index contributed by atoms with van der Waals surface area (Å²) in [7, 11) is 0. The molecule has 4 aromatic carbocycles. The lowest BCUT2D eigenvalue weighted by Gasteiger charge is -2.36. The molecule has 0 aliphatic carbocycles. The standard InChI is InChI=1S/C55H58F22O19/c56-45(57,49(64,65)51(68,69)96-55(76,77)53(72,73)94-48(62,63)31-88-32-87-25-40(81)27-90-42-18-14-38(79)15-19-42)28-84-20-33-6-1-3-8-35(33)22-91-43(82)10-5-11-44(83)92-23-36-9-4-2-7-34(36)21-85-29-46(58,59)50(66,67)95-54(74,75)52(70,71)93-47(60,61)30-86-24-39(80)26-89-41-16-12-37(78)13-17-41/h1-4,6-9,12-19,39-40,43-44,78-83H,5,10-11,20-32H2. The predicted molar refractivity (Wildman–Crippen MR) is 273 cm³/mol. The molecule has 546 valence electrons. The number of rotatable bonds is 47. The van der Waals surface area contributed by atoms with Crippen LogP contribution in [0.3, 0.4) is 0 Å². The number of halogens is 22. The molecule has 0 aliphatic rings. The second kappa shape index (κ2) is 34.6. The molecule has 0 saturated heterocycles. The Balaban J connectivity index is 1.17. The Kier molecular flexibility index (Phi) is 29.7. The van der Waals surface area contributed by atoms with Crippen molar-refractivity contribution in [3.05, 3.63) is 119 Å². The van der Waals surface area contributed by atoms with Crippen molar-refractivity contribution in [2.45, 2.75) is 137 Å². The summed E-state index contributed by atoms with van der Waals surface area (Å²) in [6.45, 7) is -18.0. The highest BCUT2D eigenvalue weighted by atomic mass is 19.4. The minimum absolute atomic E-state index is 0.00967. The number of aliphatic hydroxyl groups is 4. The normalized spacial score (nSPS) is 15.0. The molecule has 4 atom stereocenters. The van der Waals surface area contributed by atoms with Gasteiger partial charge >= 0.3 is 66.6 Å². The number of phenolic OH excluding ortho intramolecular Hbond substituents is 2. The van der Waals surface area contributed by atoms with Crippen molar-refractivity contribution in [2.75, 3.05) is 59.6 Å². The third kappa shape index (κ3) is 25.7. The van der Waals surface area contributed by atoms with Crippen molar-refractivity contribution >= 4 is 0 Å². The average molecular weight is 1440 g/mol. The van der Waals surface area contributed by atoms with Gasteiger partial charge in [-0.15, -0.1) is 0 Å². The SMILES string of the molecule is Oc1ccc(OCC(O)COCOCC(F)(F)OC(F)(F)C(F)(F)OC(F)(F)C(F)(F)C(F)(F)COCc2ccccc2COC(O)CCCC(O)OCc2ccccc2COCC(F)(F)C(F)(F)OC(F)(F)C(F)(F)OC(F)(F)COCC(O)COc2ccc(O)cc2)cc1. The Morgan fingerprint density at radius 3 is 1.08 bits per heavy atom. The molecular weight excluding hydrogens is 1380 g/mol. The third-order valence-electron chi connectivity index (χ3n) is 12.0. The van der Waals surface area contributed by atoms with E-state index in [0.29, 0.717) is 0 Å². The number of aromatic hydroxyl groups is 2. The fraction of sp³-hybridized carbons (Fsp3) is 0.564. The summed E-state index contributed by atoms with van der Waals surface area (Å²) in [5, 5.41) is 58.7. The van der Waals surface area contributed by atoms with Crippen molar-refractivity contribution in [1.29, 1.82) is 0 Å². The molecule has 0 saturated carbocycles. The largest absolute Gasteiger partial charge is 0.508 e. The minimum Gasteiger partial charge on any atom is -0.508 e. The van der Waals surface area contributed by atoms with Crippen molar-refractivity contribution in [2.24, 2.45) is 0 Å². The number of alkyl halides is 22. The van der Waals surface area contributed by atoms with Gasteiger partial charge in [0.1, 0.15) is 81.6 Å². The van der Waals surface area contributed by atoms with Gasteiger partial charge in [-0.05, 0) is 90.0 Å². The van der Waals surface area contributed by atoms with Gasteiger partial charge in [-0.3, -0.25) is 0 Å². The second-order valence-corrected chi connectivity index (χ2v) is 20.0. The highest BCUT2D eigenvalue weighted by Gasteiger charge is 2.78. The predicted octanol–water partition coefficient (Wildman–Crippen LogP) is 11.3. The molecule has 4 rings (SSSR count). The van der Waals surface area contributed by atoms with Gasteiger partial charge in [-0.2, -0.15) is 96.6 Å². The first-order valence-electron chi connectivity index (χ1n) is 27.0. The zero-order chi connectivity index (χ0) is 72.2. The van der Waals surface area contributed by atoms with Gasteiger partial charge in [0.05, 0.1) is 39.6 Å². The molecule has 4 unspecified atom stereocenters. The highest BCUT2D eigenvalue weighted by molar-refractivity contribution is 5.31. The lowest BCUT2D eigenvalue weighted by Crippen LogP contribution is -2.62. The van der Waals surface area contributed by atoms with Crippen LogP contribution in [0.4, 0.5) is 96.6 Å². The molecule has 0 aromatic heterocycles. The van der Waals surface area contributed by atoms with E-state index in [1.807, 2.05) is 0 Å². The van der Waals surface area contributed by atoms with Crippen LogP contribution in [-0.4, -0.2) is 182 Å². The minimum atomic E-state index is -7.31. The Hall–Kier alpha value is -6.06. The van der Waals surface area contributed by atoms with Crippen LogP contribution in [0.1, 0.15) is 41.5 Å². The first-order chi connectivity index (χ1) is 44.2. The zero-order valence-electron chi connectivity index (χ0n) is 48.7. The van der Waals surface area contributed by atoms with Gasteiger partial charge in [0.15, 0.2) is 12.6 Å². The van der Waals surface area contributed by atoms with Crippen LogP contribution in [0.25, 0.3) is 0 Å². The summed E-state index contributed by atoms with van der Waals surface area (Å²) in [5.41, 5.74) is -0.482. The van der Waals surface area contributed by atoms with Crippen LogP contribution in [-0.2, 0) is 78.5 Å². The Labute approximate surface area is 527 Å². The van der Waals surface area contributed by atoms with E-state index in [1.165, 1.54) is 72.8 Å². The van der Waals surface area contributed by atoms with Crippen LogP contribution in [0.15, 0.2) is 97.1 Å². The molecule has 96 heavy (non-hydrogen) atoms. The number of phenols is 2. The van der Waals surface area contributed by atoms with E-state index in [-0.39, 0.29) is 64.5 Å². The summed E-state index contributed by atoms with van der Waals surface area (Å²) in [4.78, 5) is 0. The van der Waals surface area contributed by atoms with Crippen LogP contribution >= 0.6 is 0 Å². The van der Waals surface area contributed by atoms with E-state index in [2.05, 4.69) is 42.6 Å². The maximum atomic E-state index is 14.6. The van der Waals surface area contributed by atoms with E-state index in [9.17, 15) is 127 Å². The third-order valence-corrected chi connectivity index (χ3v) is 12.0. The number of ether oxygens (including phenoxy) is 13. The van der Waals surface area contributed by atoms with Crippen molar-refractivity contribution in [3.63, 3.8) is 0 Å². The summed E-state index contributed by atoms with van der Waals surface area (Å²) in [5.74, 6) is -19.5. The molecule has 0 radical (unpaired) electrons. The van der Waals surface area contributed by atoms with Crippen LogP contribution in [0.2, 0.25) is 0 Å². The zero-order valence-corrected chi connectivity index (χ0v) is 48.7. The monoisotopic (exact) mass is 1440 g/mol. The number of benzene rings is 4. The molecular formula is C55H58F22O19. The number of hydrogen-bond acceptors (Lipinski definition) is 19. The first kappa shape index (κ1) is 82.4. The molecule has 0 fully saturated rings. The van der Waals surface area contributed by atoms with E-state index in [1.54, 1.807) is 0 Å². The highest BCUT2D eigenvalue weighted by Crippen LogP contribution is 2.52. The summed E-state index contributed by atoms with van der Waals surface area (Å²) >= 11 is 0.